The second-order valence-corrected chi connectivity index (χ2v) is 8.92. The maximum absolute atomic E-state index is 13.1. The number of allylic oxidation sites excluding steroid dienone is 2. The molecular weight excluding hydrogens is 343 g/mol. The molecule has 2 aliphatic rings. The SMILES string of the molecule is CCCC1CCC(C2CC=C(c3ccc(-c4ccc(F)cc4)cc3)CC2)CC1. The van der Waals surface area contributed by atoms with Crippen LogP contribution in [0.3, 0.4) is 0 Å². The van der Waals surface area contributed by atoms with Crippen molar-refractivity contribution in [3.05, 3.63) is 66.0 Å². The zero-order valence-electron chi connectivity index (χ0n) is 17.2. The smallest absolute Gasteiger partial charge is 0.123 e. The van der Waals surface area contributed by atoms with Crippen molar-refractivity contribution in [1.29, 1.82) is 0 Å². The average molecular weight is 377 g/mol. The third kappa shape index (κ3) is 4.57. The maximum Gasteiger partial charge on any atom is 0.123 e. The van der Waals surface area contributed by atoms with Crippen LogP contribution in [0.5, 0.6) is 0 Å². The fraction of sp³-hybridized carbons (Fsp3) is 0.481. The first-order chi connectivity index (χ1) is 13.7. The van der Waals surface area contributed by atoms with E-state index in [0.717, 1.165) is 28.9 Å². The van der Waals surface area contributed by atoms with Crippen molar-refractivity contribution in [3.63, 3.8) is 0 Å². The molecule has 2 aromatic carbocycles. The van der Waals surface area contributed by atoms with E-state index in [2.05, 4.69) is 37.3 Å². The monoisotopic (exact) mass is 376 g/mol. The van der Waals surface area contributed by atoms with Crippen LogP contribution in [-0.4, -0.2) is 0 Å². The standard InChI is InChI=1S/C27H33F/c1-2-3-20-4-6-21(7-5-20)22-8-10-23(11-9-22)24-12-14-25(15-13-24)26-16-18-27(28)19-17-26/h10,12-22H,2-9,11H2,1H3. The molecule has 0 aliphatic heterocycles. The molecule has 0 amide bonds. The van der Waals surface area contributed by atoms with Gasteiger partial charge in [0.2, 0.25) is 0 Å². The molecule has 2 aliphatic carbocycles. The summed E-state index contributed by atoms with van der Waals surface area (Å²) in [6, 6.07) is 15.6. The number of halogens is 1. The van der Waals surface area contributed by atoms with Crippen molar-refractivity contribution < 1.29 is 4.39 Å². The minimum absolute atomic E-state index is 0.180. The summed E-state index contributed by atoms with van der Waals surface area (Å²) in [4.78, 5) is 0. The lowest BCUT2D eigenvalue weighted by Gasteiger charge is -2.35. The lowest BCUT2D eigenvalue weighted by atomic mass is 9.70. The van der Waals surface area contributed by atoms with Crippen LogP contribution >= 0.6 is 0 Å². The normalized spacial score (nSPS) is 25.4. The van der Waals surface area contributed by atoms with E-state index < -0.39 is 0 Å². The van der Waals surface area contributed by atoms with Crippen molar-refractivity contribution in [3.8, 4) is 11.1 Å². The molecule has 0 nitrogen and oxygen atoms in total. The quantitative estimate of drug-likeness (QED) is 0.492. The Morgan fingerprint density at radius 1 is 0.750 bits per heavy atom. The molecule has 1 saturated carbocycles. The Balaban J connectivity index is 1.35. The second kappa shape index (κ2) is 9.07. The molecule has 0 spiro atoms. The van der Waals surface area contributed by atoms with Crippen LogP contribution in [0.25, 0.3) is 16.7 Å². The summed E-state index contributed by atoms with van der Waals surface area (Å²) in [5.41, 5.74) is 5.10. The third-order valence-electron chi connectivity index (χ3n) is 7.14. The summed E-state index contributed by atoms with van der Waals surface area (Å²) in [5.74, 6) is 2.70. The Hall–Kier alpha value is -1.89. The van der Waals surface area contributed by atoms with Gasteiger partial charge in [-0.05, 0) is 84.3 Å². The minimum Gasteiger partial charge on any atom is -0.207 e. The first-order valence-electron chi connectivity index (χ1n) is 11.3. The molecule has 0 aromatic heterocycles. The molecule has 0 heterocycles. The number of rotatable bonds is 5. The average Bonchev–Trinajstić information content (AvgIpc) is 2.75. The third-order valence-corrected chi connectivity index (χ3v) is 7.14. The summed E-state index contributed by atoms with van der Waals surface area (Å²) in [6.07, 6.45) is 15.0. The predicted octanol–water partition coefficient (Wildman–Crippen LogP) is 8.28. The predicted molar refractivity (Wildman–Crippen MR) is 118 cm³/mol. The Labute approximate surface area is 169 Å². The van der Waals surface area contributed by atoms with Crippen LogP contribution in [0.4, 0.5) is 4.39 Å². The van der Waals surface area contributed by atoms with Crippen LogP contribution in [0, 0.1) is 23.6 Å². The van der Waals surface area contributed by atoms with E-state index in [1.807, 2.05) is 12.1 Å². The summed E-state index contributed by atoms with van der Waals surface area (Å²) in [6.45, 7) is 2.33. The molecule has 4 rings (SSSR count). The van der Waals surface area contributed by atoms with Gasteiger partial charge < -0.3 is 0 Å². The van der Waals surface area contributed by atoms with E-state index in [4.69, 9.17) is 0 Å². The minimum atomic E-state index is -0.180. The fourth-order valence-corrected chi connectivity index (χ4v) is 5.42. The molecule has 1 fully saturated rings. The van der Waals surface area contributed by atoms with Crippen LogP contribution in [0.2, 0.25) is 0 Å². The van der Waals surface area contributed by atoms with E-state index in [9.17, 15) is 4.39 Å². The topological polar surface area (TPSA) is 0 Å². The van der Waals surface area contributed by atoms with E-state index in [1.54, 1.807) is 0 Å². The Morgan fingerprint density at radius 3 is 1.93 bits per heavy atom. The molecule has 0 radical (unpaired) electrons. The highest BCUT2D eigenvalue weighted by atomic mass is 19.1. The Kier molecular flexibility index (Phi) is 6.29. The summed E-state index contributed by atoms with van der Waals surface area (Å²) in [7, 11) is 0. The molecule has 1 unspecified atom stereocenters. The molecule has 0 bridgehead atoms. The summed E-state index contributed by atoms with van der Waals surface area (Å²) in [5, 5.41) is 0. The van der Waals surface area contributed by atoms with Crippen molar-refractivity contribution in [2.24, 2.45) is 17.8 Å². The van der Waals surface area contributed by atoms with Gasteiger partial charge in [-0.3, -0.25) is 0 Å². The molecule has 1 heteroatoms. The van der Waals surface area contributed by atoms with Gasteiger partial charge in [-0.2, -0.15) is 0 Å². The molecule has 2 aromatic rings. The van der Waals surface area contributed by atoms with Gasteiger partial charge in [0.05, 0.1) is 0 Å². The molecule has 0 N–H and O–H groups in total. The highest BCUT2D eigenvalue weighted by Crippen LogP contribution is 2.42. The van der Waals surface area contributed by atoms with Crippen LogP contribution in [-0.2, 0) is 0 Å². The fourth-order valence-electron chi connectivity index (χ4n) is 5.42. The van der Waals surface area contributed by atoms with Gasteiger partial charge in [-0.25, -0.2) is 4.39 Å². The van der Waals surface area contributed by atoms with E-state index >= 15 is 0 Å². The van der Waals surface area contributed by atoms with Gasteiger partial charge in [0.15, 0.2) is 0 Å². The zero-order chi connectivity index (χ0) is 19.3. The van der Waals surface area contributed by atoms with Crippen molar-refractivity contribution >= 4 is 5.57 Å². The van der Waals surface area contributed by atoms with Crippen molar-refractivity contribution in [2.45, 2.75) is 64.7 Å². The second-order valence-electron chi connectivity index (χ2n) is 8.92. The molecule has 1 atom stereocenters. The van der Waals surface area contributed by atoms with Crippen LogP contribution < -0.4 is 0 Å². The molecule has 148 valence electrons. The number of hydrogen-bond acceptors (Lipinski definition) is 0. The molecule has 28 heavy (non-hydrogen) atoms. The highest BCUT2D eigenvalue weighted by Gasteiger charge is 2.28. The number of hydrogen-bond donors (Lipinski definition) is 0. The van der Waals surface area contributed by atoms with Gasteiger partial charge in [0, 0.05) is 0 Å². The highest BCUT2D eigenvalue weighted by molar-refractivity contribution is 5.70. The Bertz CT molecular complexity index is 776. The van der Waals surface area contributed by atoms with Gasteiger partial charge in [0.25, 0.3) is 0 Å². The van der Waals surface area contributed by atoms with Gasteiger partial charge in [-0.15, -0.1) is 0 Å². The lowest BCUT2D eigenvalue weighted by molar-refractivity contribution is 0.189. The zero-order valence-corrected chi connectivity index (χ0v) is 17.2. The van der Waals surface area contributed by atoms with Gasteiger partial charge in [0.1, 0.15) is 5.82 Å². The van der Waals surface area contributed by atoms with Gasteiger partial charge in [-0.1, -0.05) is 75.1 Å². The van der Waals surface area contributed by atoms with E-state index in [1.165, 1.54) is 81.1 Å². The molecular formula is C27H33F. The van der Waals surface area contributed by atoms with Crippen molar-refractivity contribution in [2.75, 3.05) is 0 Å². The lowest BCUT2D eigenvalue weighted by Crippen LogP contribution is -2.23. The maximum atomic E-state index is 13.1. The van der Waals surface area contributed by atoms with Gasteiger partial charge >= 0.3 is 0 Å². The Morgan fingerprint density at radius 2 is 1.36 bits per heavy atom. The van der Waals surface area contributed by atoms with Crippen LogP contribution in [0.15, 0.2) is 54.6 Å². The van der Waals surface area contributed by atoms with Crippen molar-refractivity contribution in [1.82, 2.24) is 0 Å². The van der Waals surface area contributed by atoms with Crippen LogP contribution in [0.1, 0.15) is 70.3 Å². The molecule has 0 saturated heterocycles. The summed E-state index contributed by atoms with van der Waals surface area (Å²) < 4.78 is 13.1. The summed E-state index contributed by atoms with van der Waals surface area (Å²) >= 11 is 0. The number of benzene rings is 2. The van der Waals surface area contributed by atoms with E-state index in [-0.39, 0.29) is 5.82 Å². The van der Waals surface area contributed by atoms with E-state index in [0.29, 0.717) is 0 Å². The first kappa shape index (κ1) is 19.4. The first-order valence-corrected chi connectivity index (χ1v) is 11.3. The largest absolute Gasteiger partial charge is 0.207 e.